The minimum atomic E-state index is -3.96. The maximum atomic E-state index is 12.5. The number of hydrogen-bond acceptors (Lipinski definition) is 6. The second-order valence-electron chi connectivity index (χ2n) is 5.71. The predicted molar refractivity (Wildman–Crippen MR) is 106 cm³/mol. The molecule has 140 valence electrons. The highest BCUT2D eigenvalue weighted by Gasteiger charge is 2.22. The Morgan fingerprint density at radius 2 is 1.81 bits per heavy atom. The van der Waals surface area contributed by atoms with Gasteiger partial charge in [-0.15, -0.1) is 10.2 Å². The molecule has 27 heavy (non-hydrogen) atoms. The number of halogens is 1. The largest absolute Gasteiger partial charge is 0.296 e. The van der Waals surface area contributed by atoms with E-state index in [1.807, 2.05) is 19.1 Å². The molecule has 0 bridgehead atoms. The Balaban J connectivity index is 1.79. The van der Waals surface area contributed by atoms with Gasteiger partial charge >= 0.3 is 0 Å². The van der Waals surface area contributed by atoms with Gasteiger partial charge in [0.15, 0.2) is 0 Å². The summed E-state index contributed by atoms with van der Waals surface area (Å²) < 4.78 is 27.2. The van der Waals surface area contributed by atoms with Crippen LogP contribution in [0.5, 0.6) is 0 Å². The summed E-state index contributed by atoms with van der Waals surface area (Å²) in [7, 11) is -3.96. The van der Waals surface area contributed by atoms with Crippen molar-refractivity contribution in [3.8, 4) is 0 Å². The van der Waals surface area contributed by atoms with Gasteiger partial charge in [0.2, 0.25) is 5.13 Å². The van der Waals surface area contributed by atoms with Crippen LogP contribution in [0.1, 0.15) is 21.5 Å². The number of carbonyl (C=O) groups excluding carboxylic acids is 1. The molecule has 2 N–H and O–H groups in total. The molecule has 3 aromatic rings. The van der Waals surface area contributed by atoms with Gasteiger partial charge in [0.05, 0.1) is 5.69 Å². The number of aryl methyl sites for hydroxylation is 2. The van der Waals surface area contributed by atoms with E-state index in [0.717, 1.165) is 16.9 Å². The molecule has 0 unspecified atom stereocenters. The summed E-state index contributed by atoms with van der Waals surface area (Å²) in [5.41, 5.74) is 2.33. The predicted octanol–water partition coefficient (Wildman–Crippen LogP) is 3.86. The van der Waals surface area contributed by atoms with Crippen molar-refractivity contribution in [3.63, 3.8) is 0 Å². The highest BCUT2D eigenvalue weighted by Crippen LogP contribution is 2.26. The number of amides is 1. The summed E-state index contributed by atoms with van der Waals surface area (Å²) in [5, 5.41) is 10.5. The van der Waals surface area contributed by atoms with Crippen LogP contribution in [0.15, 0.2) is 46.8 Å². The van der Waals surface area contributed by atoms with Gasteiger partial charge in [0.1, 0.15) is 0 Å². The minimum absolute atomic E-state index is 0.0893. The molecule has 0 atom stereocenters. The first-order chi connectivity index (χ1) is 12.8. The molecule has 0 aliphatic heterocycles. The summed E-state index contributed by atoms with van der Waals surface area (Å²) >= 11 is 6.68. The molecule has 1 aromatic heterocycles. The molecule has 0 aliphatic carbocycles. The second kappa shape index (κ2) is 7.63. The van der Waals surface area contributed by atoms with Gasteiger partial charge in [-0.2, -0.15) is 8.42 Å². The molecule has 0 saturated carbocycles. The molecule has 1 heterocycles. The van der Waals surface area contributed by atoms with Crippen molar-refractivity contribution in [2.45, 2.75) is 18.2 Å². The molecule has 0 aliphatic rings. The summed E-state index contributed by atoms with van der Waals surface area (Å²) in [4.78, 5) is 12.3. The highest BCUT2D eigenvalue weighted by atomic mass is 35.5. The van der Waals surface area contributed by atoms with Crippen LogP contribution in [0.25, 0.3) is 0 Å². The van der Waals surface area contributed by atoms with Gasteiger partial charge < -0.3 is 0 Å². The standard InChI is InChI=1S/C17H15ClN4O3S2/c1-10-5-3-4-6-13(10)15(23)19-16-20-21-17(26-16)27(24,25)22-14-9-12(18)8-7-11(14)2/h3-9,22H,1-2H3,(H,19,20,23). The Kier molecular flexibility index (Phi) is 5.45. The Labute approximate surface area is 165 Å². The number of nitrogens with one attached hydrogen (secondary N) is 2. The molecule has 7 nitrogen and oxygen atoms in total. The number of benzene rings is 2. The number of sulfonamides is 1. The van der Waals surface area contributed by atoms with Gasteiger partial charge in [-0.25, -0.2) is 0 Å². The number of carbonyl (C=O) groups is 1. The van der Waals surface area contributed by atoms with Crippen molar-refractivity contribution < 1.29 is 13.2 Å². The van der Waals surface area contributed by atoms with Gasteiger partial charge in [-0.3, -0.25) is 14.8 Å². The Hall–Kier alpha value is -2.49. The lowest BCUT2D eigenvalue weighted by Crippen LogP contribution is -2.13. The molecule has 0 fully saturated rings. The Morgan fingerprint density at radius 1 is 1.07 bits per heavy atom. The quantitative estimate of drug-likeness (QED) is 0.608. The van der Waals surface area contributed by atoms with Crippen LogP contribution in [0, 0.1) is 13.8 Å². The fraction of sp³-hybridized carbons (Fsp3) is 0.118. The maximum Gasteiger partial charge on any atom is 0.291 e. The summed E-state index contributed by atoms with van der Waals surface area (Å²) in [6.45, 7) is 3.56. The smallest absolute Gasteiger partial charge is 0.291 e. The SMILES string of the molecule is Cc1ccc(Cl)cc1NS(=O)(=O)c1nnc(NC(=O)c2ccccc2C)s1. The molecule has 0 saturated heterocycles. The van der Waals surface area contributed by atoms with Crippen LogP contribution in [-0.4, -0.2) is 24.5 Å². The summed E-state index contributed by atoms with van der Waals surface area (Å²) in [5.74, 6) is -0.383. The zero-order chi connectivity index (χ0) is 19.6. The van der Waals surface area contributed by atoms with E-state index in [-0.39, 0.29) is 15.4 Å². The average molecular weight is 423 g/mol. The number of rotatable bonds is 5. The Morgan fingerprint density at radius 3 is 2.56 bits per heavy atom. The zero-order valence-corrected chi connectivity index (χ0v) is 16.7. The van der Waals surface area contributed by atoms with Crippen molar-refractivity contribution >= 4 is 49.7 Å². The zero-order valence-electron chi connectivity index (χ0n) is 14.4. The van der Waals surface area contributed by atoms with E-state index in [2.05, 4.69) is 20.2 Å². The van der Waals surface area contributed by atoms with E-state index >= 15 is 0 Å². The first-order valence-corrected chi connectivity index (χ1v) is 10.4. The molecule has 0 spiro atoms. The molecular formula is C17H15ClN4O3S2. The van der Waals surface area contributed by atoms with Gasteiger partial charge in [0.25, 0.3) is 20.3 Å². The number of hydrogen-bond donors (Lipinski definition) is 2. The molecule has 10 heteroatoms. The second-order valence-corrected chi connectivity index (χ2v) is 8.98. The average Bonchev–Trinajstić information content (AvgIpc) is 3.08. The van der Waals surface area contributed by atoms with Gasteiger partial charge in [-0.05, 0) is 43.2 Å². The first kappa shape index (κ1) is 19.3. The van der Waals surface area contributed by atoms with Crippen molar-refractivity contribution in [2.24, 2.45) is 0 Å². The lowest BCUT2D eigenvalue weighted by molar-refractivity contribution is 0.102. The van der Waals surface area contributed by atoms with E-state index in [4.69, 9.17) is 11.6 Å². The van der Waals surface area contributed by atoms with Crippen LogP contribution < -0.4 is 10.0 Å². The molecule has 0 radical (unpaired) electrons. The maximum absolute atomic E-state index is 12.5. The van der Waals surface area contributed by atoms with E-state index in [0.29, 0.717) is 21.8 Å². The minimum Gasteiger partial charge on any atom is -0.296 e. The van der Waals surface area contributed by atoms with Crippen molar-refractivity contribution in [1.29, 1.82) is 0 Å². The van der Waals surface area contributed by atoms with E-state index in [1.54, 1.807) is 31.2 Å². The number of anilines is 2. The van der Waals surface area contributed by atoms with Crippen LogP contribution in [0.2, 0.25) is 5.02 Å². The summed E-state index contributed by atoms with van der Waals surface area (Å²) in [6.07, 6.45) is 0. The number of aromatic nitrogens is 2. The normalized spacial score (nSPS) is 11.2. The third-order valence-corrected chi connectivity index (χ3v) is 6.50. The Bertz CT molecular complexity index is 1110. The molecule has 3 rings (SSSR count). The van der Waals surface area contributed by atoms with Crippen LogP contribution in [0.4, 0.5) is 10.8 Å². The van der Waals surface area contributed by atoms with Crippen molar-refractivity contribution in [3.05, 3.63) is 64.2 Å². The van der Waals surface area contributed by atoms with Crippen molar-refractivity contribution in [2.75, 3.05) is 10.0 Å². The van der Waals surface area contributed by atoms with Gasteiger partial charge in [0, 0.05) is 10.6 Å². The van der Waals surface area contributed by atoms with E-state index in [9.17, 15) is 13.2 Å². The molecular weight excluding hydrogens is 408 g/mol. The number of nitrogens with zero attached hydrogens (tertiary/aromatic N) is 2. The fourth-order valence-electron chi connectivity index (χ4n) is 2.25. The first-order valence-electron chi connectivity index (χ1n) is 7.76. The highest BCUT2D eigenvalue weighted by molar-refractivity contribution is 7.94. The third-order valence-electron chi connectivity index (χ3n) is 3.69. The fourth-order valence-corrected chi connectivity index (χ4v) is 4.44. The van der Waals surface area contributed by atoms with Crippen LogP contribution in [0.3, 0.4) is 0 Å². The topological polar surface area (TPSA) is 101 Å². The lowest BCUT2D eigenvalue weighted by Gasteiger charge is -2.08. The summed E-state index contributed by atoms with van der Waals surface area (Å²) in [6, 6.07) is 11.9. The van der Waals surface area contributed by atoms with E-state index in [1.165, 1.54) is 6.07 Å². The third kappa shape index (κ3) is 4.44. The van der Waals surface area contributed by atoms with Crippen LogP contribution >= 0.6 is 22.9 Å². The lowest BCUT2D eigenvalue weighted by atomic mass is 10.1. The molecule has 1 amide bonds. The van der Waals surface area contributed by atoms with E-state index < -0.39 is 10.0 Å². The van der Waals surface area contributed by atoms with Gasteiger partial charge in [-0.1, -0.05) is 47.2 Å². The van der Waals surface area contributed by atoms with Crippen molar-refractivity contribution in [1.82, 2.24) is 10.2 Å². The molecule has 2 aromatic carbocycles. The monoisotopic (exact) mass is 422 g/mol. The van der Waals surface area contributed by atoms with Crippen LogP contribution in [-0.2, 0) is 10.0 Å².